The summed E-state index contributed by atoms with van der Waals surface area (Å²) < 4.78 is 3.80. The second-order valence-electron chi connectivity index (χ2n) is 5.80. The molecule has 0 aliphatic rings. The molecule has 0 unspecified atom stereocenters. The minimum absolute atomic E-state index is 0.483. The third-order valence-electron chi connectivity index (χ3n) is 3.54. The first-order valence-corrected chi connectivity index (χ1v) is 7.13. The molecule has 0 spiro atoms. The third kappa shape index (κ3) is 2.54. The normalized spacial score (nSPS) is 12.2. The van der Waals surface area contributed by atoms with Gasteiger partial charge in [0.15, 0.2) is 0 Å². The lowest BCUT2D eigenvalue weighted by molar-refractivity contribution is 0.533. The SMILES string of the molecule is CCn1nc(Cn2cc(C(C)(C)N)nn2)c2ccccc21. The van der Waals surface area contributed by atoms with Crippen LogP contribution in [0.3, 0.4) is 0 Å². The van der Waals surface area contributed by atoms with E-state index in [1.807, 2.05) is 36.9 Å². The van der Waals surface area contributed by atoms with Gasteiger partial charge in [0.25, 0.3) is 0 Å². The highest BCUT2D eigenvalue weighted by molar-refractivity contribution is 5.81. The van der Waals surface area contributed by atoms with Crippen molar-refractivity contribution in [3.63, 3.8) is 0 Å². The number of rotatable bonds is 4. The maximum Gasteiger partial charge on any atom is 0.102 e. The van der Waals surface area contributed by atoms with Gasteiger partial charge in [-0.15, -0.1) is 5.10 Å². The summed E-state index contributed by atoms with van der Waals surface area (Å²) in [6, 6.07) is 8.24. The number of hydrogen-bond donors (Lipinski definition) is 1. The molecule has 0 bridgehead atoms. The van der Waals surface area contributed by atoms with Gasteiger partial charge in [-0.2, -0.15) is 5.10 Å². The van der Waals surface area contributed by atoms with Crippen molar-refractivity contribution in [1.29, 1.82) is 0 Å². The van der Waals surface area contributed by atoms with E-state index in [9.17, 15) is 0 Å². The van der Waals surface area contributed by atoms with Gasteiger partial charge >= 0.3 is 0 Å². The maximum atomic E-state index is 6.04. The summed E-state index contributed by atoms with van der Waals surface area (Å²) in [6.45, 7) is 7.37. The van der Waals surface area contributed by atoms with E-state index in [1.54, 1.807) is 4.68 Å². The highest BCUT2D eigenvalue weighted by atomic mass is 15.4. The molecule has 0 amide bonds. The quantitative estimate of drug-likeness (QED) is 0.794. The van der Waals surface area contributed by atoms with Crippen LogP contribution in [0.5, 0.6) is 0 Å². The van der Waals surface area contributed by atoms with Crippen LogP contribution < -0.4 is 5.73 Å². The highest BCUT2D eigenvalue weighted by Gasteiger charge is 2.19. The number of hydrogen-bond acceptors (Lipinski definition) is 4. The molecule has 2 N–H and O–H groups in total. The summed E-state index contributed by atoms with van der Waals surface area (Å²) in [5.41, 5.74) is 8.49. The average molecular weight is 284 g/mol. The third-order valence-corrected chi connectivity index (χ3v) is 3.54. The molecular weight excluding hydrogens is 264 g/mol. The Hall–Kier alpha value is -2.21. The molecule has 0 aliphatic carbocycles. The fraction of sp³-hybridized carbons (Fsp3) is 0.400. The zero-order chi connectivity index (χ0) is 15.0. The summed E-state index contributed by atoms with van der Waals surface area (Å²) in [6.07, 6.45) is 1.89. The van der Waals surface area contributed by atoms with Gasteiger partial charge in [0.05, 0.1) is 29.5 Å². The molecule has 3 aromatic rings. The molecule has 6 heteroatoms. The standard InChI is InChI=1S/C15H20N6/c1-4-21-13-8-6-5-7-11(13)12(18-21)9-20-10-14(17-19-20)15(2,3)16/h5-8,10H,4,9,16H2,1-3H3. The first kappa shape index (κ1) is 13.8. The topological polar surface area (TPSA) is 74.5 Å². The van der Waals surface area contributed by atoms with Gasteiger partial charge < -0.3 is 5.73 Å². The summed E-state index contributed by atoms with van der Waals surface area (Å²) in [7, 11) is 0. The summed E-state index contributed by atoms with van der Waals surface area (Å²) >= 11 is 0. The molecule has 6 nitrogen and oxygen atoms in total. The Bertz CT molecular complexity index is 762. The molecule has 0 radical (unpaired) electrons. The second-order valence-corrected chi connectivity index (χ2v) is 5.80. The zero-order valence-electron chi connectivity index (χ0n) is 12.6. The molecule has 0 saturated carbocycles. The van der Waals surface area contributed by atoms with E-state index in [-0.39, 0.29) is 0 Å². The minimum Gasteiger partial charge on any atom is -0.320 e. The van der Waals surface area contributed by atoms with Crippen molar-refractivity contribution in [2.75, 3.05) is 0 Å². The summed E-state index contributed by atoms with van der Waals surface area (Å²) in [4.78, 5) is 0. The van der Waals surface area contributed by atoms with Crippen LogP contribution in [-0.2, 0) is 18.6 Å². The molecule has 0 atom stereocenters. The number of nitrogens with two attached hydrogens (primary N) is 1. The molecule has 0 saturated heterocycles. The van der Waals surface area contributed by atoms with Crippen molar-refractivity contribution < 1.29 is 0 Å². The van der Waals surface area contributed by atoms with Gasteiger partial charge in [-0.3, -0.25) is 4.68 Å². The molecule has 110 valence electrons. The Morgan fingerprint density at radius 1 is 1.24 bits per heavy atom. The molecule has 21 heavy (non-hydrogen) atoms. The predicted octanol–water partition coefficient (Wildman–Crippen LogP) is 1.89. The monoisotopic (exact) mass is 284 g/mol. The molecule has 0 fully saturated rings. The first-order chi connectivity index (χ1) is 9.99. The van der Waals surface area contributed by atoms with Crippen molar-refractivity contribution in [3.05, 3.63) is 41.9 Å². The van der Waals surface area contributed by atoms with E-state index in [2.05, 4.69) is 34.5 Å². The fourth-order valence-corrected chi connectivity index (χ4v) is 2.38. The number of aryl methyl sites for hydroxylation is 1. The smallest absolute Gasteiger partial charge is 0.102 e. The Balaban J connectivity index is 1.97. The van der Waals surface area contributed by atoms with Gasteiger partial charge in [0, 0.05) is 11.9 Å². The van der Waals surface area contributed by atoms with Gasteiger partial charge in [-0.05, 0) is 26.8 Å². The number of benzene rings is 1. The largest absolute Gasteiger partial charge is 0.320 e. The lowest BCUT2D eigenvalue weighted by Gasteiger charge is -2.13. The van der Waals surface area contributed by atoms with Crippen molar-refractivity contribution in [2.24, 2.45) is 5.73 Å². The van der Waals surface area contributed by atoms with E-state index in [4.69, 9.17) is 5.73 Å². The van der Waals surface area contributed by atoms with Crippen LogP contribution in [0.2, 0.25) is 0 Å². The Morgan fingerprint density at radius 3 is 2.67 bits per heavy atom. The number of nitrogens with zero attached hydrogens (tertiary/aromatic N) is 5. The van der Waals surface area contributed by atoms with Crippen molar-refractivity contribution in [2.45, 2.75) is 39.4 Å². The molecule has 1 aromatic carbocycles. The summed E-state index contributed by atoms with van der Waals surface area (Å²) in [5.74, 6) is 0. The summed E-state index contributed by atoms with van der Waals surface area (Å²) in [5, 5.41) is 14.1. The van der Waals surface area contributed by atoms with Gasteiger partial charge in [-0.25, -0.2) is 4.68 Å². The van der Waals surface area contributed by atoms with Gasteiger partial charge in [0.1, 0.15) is 5.69 Å². The number of para-hydroxylation sites is 1. The van der Waals surface area contributed by atoms with Crippen molar-refractivity contribution in [1.82, 2.24) is 24.8 Å². The first-order valence-electron chi connectivity index (χ1n) is 7.13. The molecule has 0 aliphatic heterocycles. The van der Waals surface area contributed by atoms with Crippen LogP contribution in [0.1, 0.15) is 32.2 Å². The highest BCUT2D eigenvalue weighted by Crippen LogP contribution is 2.20. The van der Waals surface area contributed by atoms with Crippen LogP contribution in [0.15, 0.2) is 30.5 Å². The minimum atomic E-state index is -0.483. The van der Waals surface area contributed by atoms with Gasteiger partial charge in [-0.1, -0.05) is 23.4 Å². The van der Waals surface area contributed by atoms with E-state index >= 15 is 0 Å². The van der Waals surface area contributed by atoms with Crippen molar-refractivity contribution in [3.8, 4) is 0 Å². The second kappa shape index (κ2) is 4.96. The van der Waals surface area contributed by atoms with Crippen molar-refractivity contribution >= 4 is 10.9 Å². The Morgan fingerprint density at radius 2 is 2.00 bits per heavy atom. The maximum absolute atomic E-state index is 6.04. The van der Waals surface area contributed by atoms with Crippen LogP contribution >= 0.6 is 0 Å². The van der Waals surface area contributed by atoms with E-state index in [0.29, 0.717) is 6.54 Å². The van der Waals surface area contributed by atoms with E-state index in [1.165, 1.54) is 0 Å². The Kier molecular flexibility index (Phi) is 3.25. The molecular formula is C15H20N6. The number of fused-ring (bicyclic) bond motifs is 1. The van der Waals surface area contributed by atoms with E-state index < -0.39 is 5.54 Å². The lowest BCUT2D eigenvalue weighted by Crippen LogP contribution is -2.29. The van der Waals surface area contributed by atoms with Crippen LogP contribution in [-0.4, -0.2) is 24.8 Å². The molecule has 2 heterocycles. The van der Waals surface area contributed by atoms with Crippen LogP contribution in [0.25, 0.3) is 10.9 Å². The molecule has 3 rings (SSSR count). The Labute approximate surface area is 123 Å². The molecule has 2 aromatic heterocycles. The van der Waals surface area contributed by atoms with Crippen LogP contribution in [0.4, 0.5) is 0 Å². The average Bonchev–Trinajstić information content (AvgIpc) is 3.04. The van der Waals surface area contributed by atoms with Crippen LogP contribution in [0, 0.1) is 0 Å². The van der Waals surface area contributed by atoms with Gasteiger partial charge in [0.2, 0.25) is 0 Å². The number of aromatic nitrogens is 5. The fourth-order valence-electron chi connectivity index (χ4n) is 2.38. The predicted molar refractivity (Wildman–Crippen MR) is 81.7 cm³/mol. The van der Waals surface area contributed by atoms with E-state index in [0.717, 1.165) is 28.8 Å². The zero-order valence-corrected chi connectivity index (χ0v) is 12.6. The lowest BCUT2D eigenvalue weighted by atomic mass is 10.0.